The van der Waals surface area contributed by atoms with Gasteiger partial charge >= 0.3 is 0 Å². The molecule has 2 aromatic carbocycles. The first-order chi connectivity index (χ1) is 11.0. The molecule has 2 aromatic rings. The predicted octanol–water partition coefficient (Wildman–Crippen LogP) is 4.33. The van der Waals surface area contributed by atoms with Crippen molar-refractivity contribution < 1.29 is 9.59 Å². The standard InChI is InChI=1S/C19H18ClNO2/c1-12(14-7-4-3-5-8-14)15-11-18(22)21(19(15)23)17-10-6-9-16(20)13(17)2/h3-10,12,15H,11H2,1-2H3/t12-,15+/m1/s1. The molecule has 0 unspecified atom stereocenters. The van der Waals surface area contributed by atoms with Crippen molar-refractivity contribution in [2.24, 2.45) is 5.92 Å². The van der Waals surface area contributed by atoms with E-state index < -0.39 is 0 Å². The number of hydrogen-bond acceptors (Lipinski definition) is 2. The Hall–Kier alpha value is -2.13. The lowest BCUT2D eigenvalue weighted by Crippen LogP contribution is -2.32. The van der Waals surface area contributed by atoms with Gasteiger partial charge in [-0.3, -0.25) is 9.59 Å². The van der Waals surface area contributed by atoms with Crippen LogP contribution in [0.4, 0.5) is 5.69 Å². The van der Waals surface area contributed by atoms with Crippen LogP contribution in [0.5, 0.6) is 0 Å². The minimum Gasteiger partial charge on any atom is -0.274 e. The molecule has 2 amide bonds. The van der Waals surface area contributed by atoms with Crippen molar-refractivity contribution >= 4 is 29.1 Å². The molecule has 118 valence electrons. The third-order valence-corrected chi connectivity index (χ3v) is 5.00. The lowest BCUT2D eigenvalue weighted by atomic mass is 9.86. The molecule has 1 heterocycles. The minimum atomic E-state index is -0.330. The van der Waals surface area contributed by atoms with Crippen LogP contribution in [0.2, 0.25) is 5.02 Å². The molecule has 0 radical (unpaired) electrons. The largest absolute Gasteiger partial charge is 0.274 e. The fourth-order valence-electron chi connectivity index (χ4n) is 3.13. The smallest absolute Gasteiger partial charge is 0.238 e. The number of nitrogens with zero attached hydrogens (tertiary/aromatic N) is 1. The summed E-state index contributed by atoms with van der Waals surface area (Å²) in [5.41, 5.74) is 2.42. The zero-order valence-corrected chi connectivity index (χ0v) is 13.9. The first kappa shape index (κ1) is 15.8. The zero-order chi connectivity index (χ0) is 16.6. The molecule has 3 rings (SSSR count). The highest BCUT2D eigenvalue weighted by atomic mass is 35.5. The van der Waals surface area contributed by atoms with Crippen LogP contribution in [-0.2, 0) is 9.59 Å². The molecule has 0 N–H and O–H groups in total. The highest BCUT2D eigenvalue weighted by Gasteiger charge is 2.43. The van der Waals surface area contributed by atoms with Crippen molar-refractivity contribution in [2.45, 2.75) is 26.2 Å². The lowest BCUT2D eigenvalue weighted by molar-refractivity contribution is -0.122. The summed E-state index contributed by atoms with van der Waals surface area (Å²) in [7, 11) is 0. The number of carbonyl (C=O) groups excluding carboxylic acids is 2. The van der Waals surface area contributed by atoms with Crippen LogP contribution in [0.3, 0.4) is 0 Å². The second-order valence-corrected chi connectivity index (χ2v) is 6.37. The summed E-state index contributed by atoms with van der Waals surface area (Å²) >= 11 is 6.13. The molecular formula is C19H18ClNO2. The summed E-state index contributed by atoms with van der Waals surface area (Å²) in [5, 5.41) is 0.558. The average Bonchev–Trinajstić information content (AvgIpc) is 2.85. The van der Waals surface area contributed by atoms with Crippen molar-refractivity contribution in [2.75, 3.05) is 4.90 Å². The maximum Gasteiger partial charge on any atom is 0.238 e. The van der Waals surface area contributed by atoms with Crippen molar-refractivity contribution in [3.05, 3.63) is 64.7 Å². The fraction of sp³-hybridized carbons (Fsp3) is 0.263. The Morgan fingerprint density at radius 2 is 1.78 bits per heavy atom. The summed E-state index contributed by atoms with van der Waals surface area (Å²) in [5.74, 6) is -0.634. The Bertz CT molecular complexity index is 757. The average molecular weight is 328 g/mol. The predicted molar refractivity (Wildman–Crippen MR) is 91.6 cm³/mol. The van der Waals surface area contributed by atoms with Gasteiger partial charge in [-0.25, -0.2) is 4.90 Å². The quantitative estimate of drug-likeness (QED) is 0.787. The van der Waals surface area contributed by atoms with Crippen LogP contribution in [0.15, 0.2) is 48.5 Å². The van der Waals surface area contributed by atoms with Crippen LogP contribution in [0.1, 0.15) is 30.4 Å². The van der Waals surface area contributed by atoms with E-state index in [-0.39, 0.29) is 30.1 Å². The summed E-state index contributed by atoms with van der Waals surface area (Å²) in [6.07, 6.45) is 0.237. The van der Waals surface area contributed by atoms with E-state index in [0.29, 0.717) is 10.7 Å². The molecule has 4 heteroatoms. The van der Waals surface area contributed by atoms with E-state index in [1.807, 2.05) is 44.2 Å². The van der Waals surface area contributed by atoms with E-state index in [1.54, 1.807) is 18.2 Å². The van der Waals surface area contributed by atoms with Gasteiger partial charge in [0.1, 0.15) is 0 Å². The van der Waals surface area contributed by atoms with Gasteiger partial charge in [0.2, 0.25) is 11.8 Å². The molecule has 0 saturated carbocycles. The number of anilines is 1. The van der Waals surface area contributed by atoms with Crippen LogP contribution in [0, 0.1) is 12.8 Å². The van der Waals surface area contributed by atoms with Gasteiger partial charge in [-0.05, 0) is 36.1 Å². The lowest BCUT2D eigenvalue weighted by Gasteiger charge is -2.20. The maximum absolute atomic E-state index is 12.9. The number of amides is 2. The van der Waals surface area contributed by atoms with Gasteiger partial charge in [0.05, 0.1) is 11.6 Å². The van der Waals surface area contributed by atoms with E-state index >= 15 is 0 Å². The summed E-state index contributed by atoms with van der Waals surface area (Å²) in [6.45, 7) is 3.83. The highest BCUT2D eigenvalue weighted by Crippen LogP contribution is 2.37. The van der Waals surface area contributed by atoms with E-state index in [9.17, 15) is 9.59 Å². The Morgan fingerprint density at radius 3 is 2.48 bits per heavy atom. The SMILES string of the molecule is Cc1c(Cl)cccc1N1C(=O)C[C@@H]([C@H](C)c2ccccc2)C1=O. The van der Waals surface area contributed by atoms with Gasteiger partial charge in [0, 0.05) is 11.4 Å². The van der Waals surface area contributed by atoms with Crippen molar-refractivity contribution in [1.29, 1.82) is 0 Å². The van der Waals surface area contributed by atoms with Crippen molar-refractivity contribution in [3.63, 3.8) is 0 Å². The van der Waals surface area contributed by atoms with Crippen LogP contribution < -0.4 is 4.90 Å². The number of hydrogen-bond donors (Lipinski definition) is 0. The minimum absolute atomic E-state index is 0.00265. The Balaban J connectivity index is 1.93. The van der Waals surface area contributed by atoms with Gasteiger partial charge in [-0.15, -0.1) is 0 Å². The summed E-state index contributed by atoms with van der Waals surface area (Å²) in [6, 6.07) is 15.1. The van der Waals surface area contributed by atoms with Gasteiger partial charge in [0.25, 0.3) is 0 Å². The number of imide groups is 1. The van der Waals surface area contributed by atoms with E-state index in [2.05, 4.69) is 0 Å². The number of halogens is 1. The molecule has 0 spiro atoms. The van der Waals surface area contributed by atoms with Crippen LogP contribution in [0.25, 0.3) is 0 Å². The summed E-state index contributed by atoms with van der Waals surface area (Å²) < 4.78 is 0. The first-order valence-corrected chi connectivity index (χ1v) is 8.05. The molecule has 3 nitrogen and oxygen atoms in total. The normalized spacial score (nSPS) is 19.3. The Kier molecular flexibility index (Phi) is 4.22. The molecule has 0 bridgehead atoms. The van der Waals surface area contributed by atoms with E-state index in [4.69, 9.17) is 11.6 Å². The topological polar surface area (TPSA) is 37.4 Å². The number of rotatable bonds is 3. The third-order valence-electron chi connectivity index (χ3n) is 4.59. The molecule has 0 aromatic heterocycles. The number of benzene rings is 2. The maximum atomic E-state index is 12.9. The second-order valence-electron chi connectivity index (χ2n) is 5.96. The van der Waals surface area contributed by atoms with Crippen molar-refractivity contribution in [1.82, 2.24) is 0 Å². The molecule has 1 saturated heterocycles. The van der Waals surface area contributed by atoms with Crippen LogP contribution >= 0.6 is 11.6 Å². The molecule has 1 aliphatic rings. The van der Waals surface area contributed by atoms with Gasteiger partial charge in [-0.1, -0.05) is 54.9 Å². The Labute approximate surface area is 140 Å². The monoisotopic (exact) mass is 327 g/mol. The second kappa shape index (κ2) is 6.17. The first-order valence-electron chi connectivity index (χ1n) is 7.67. The van der Waals surface area contributed by atoms with Crippen molar-refractivity contribution in [3.8, 4) is 0 Å². The number of carbonyl (C=O) groups is 2. The molecule has 23 heavy (non-hydrogen) atoms. The fourth-order valence-corrected chi connectivity index (χ4v) is 3.30. The molecule has 1 aliphatic heterocycles. The molecule has 0 aliphatic carbocycles. The molecular weight excluding hydrogens is 310 g/mol. The highest BCUT2D eigenvalue weighted by molar-refractivity contribution is 6.32. The third kappa shape index (κ3) is 2.77. The van der Waals surface area contributed by atoms with Gasteiger partial charge < -0.3 is 0 Å². The molecule has 1 fully saturated rings. The summed E-state index contributed by atoms with van der Waals surface area (Å²) in [4.78, 5) is 26.6. The molecule has 2 atom stereocenters. The van der Waals surface area contributed by atoms with E-state index in [1.165, 1.54) is 4.90 Å². The van der Waals surface area contributed by atoms with Gasteiger partial charge in [-0.2, -0.15) is 0 Å². The van der Waals surface area contributed by atoms with E-state index in [0.717, 1.165) is 11.1 Å². The van der Waals surface area contributed by atoms with Crippen LogP contribution in [-0.4, -0.2) is 11.8 Å². The zero-order valence-electron chi connectivity index (χ0n) is 13.1. The van der Waals surface area contributed by atoms with Gasteiger partial charge in [0.15, 0.2) is 0 Å². The Morgan fingerprint density at radius 1 is 1.09 bits per heavy atom.